The molecule has 20 heavy (non-hydrogen) atoms. The van der Waals surface area contributed by atoms with Gasteiger partial charge in [-0.15, -0.1) is 0 Å². The van der Waals surface area contributed by atoms with E-state index >= 15 is 0 Å². The lowest BCUT2D eigenvalue weighted by Crippen LogP contribution is -2.41. The summed E-state index contributed by atoms with van der Waals surface area (Å²) in [4.78, 5) is 11.9. The lowest BCUT2D eigenvalue weighted by Gasteiger charge is -2.35. The molecule has 1 amide bonds. The van der Waals surface area contributed by atoms with Gasteiger partial charge in [0.1, 0.15) is 0 Å². The van der Waals surface area contributed by atoms with E-state index in [1.807, 2.05) is 0 Å². The number of aliphatic hydroxyl groups excluding tert-OH is 1. The van der Waals surface area contributed by atoms with Crippen LogP contribution in [-0.4, -0.2) is 44.1 Å². The van der Waals surface area contributed by atoms with Crippen LogP contribution < -0.4 is 5.32 Å². The maximum Gasteiger partial charge on any atom is 0.220 e. The monoisotopic (exact) mass is 303 g/mol. The SMILES string of the molecule is O=C(CC1CCS(=O)(=O)C1)NCC1(CO)CCCCC1. The molecule has 2 N–H and O–H groups in total. The van der Waals surface area contributed by atoms with Gasteiger partial charge in [-0.1, -0.05) is 19.3 Å². The highest BCUT2D eigenvalue weighted by Crippen LogP contribution is 2.35. The smallest absolute Gasteiger partial charge is 0.220 e. The highest BCUT2D eigenvalue weighted by molar-refractivity contribution is 7.91. The molecule has 6 heteroatoms. The van der Waals surface area contributed by atoms with Crippen molar-refractivity contribution in [1.29, 1.82) is 0 Å². The molecule has 0 aromatic heterocycles. The average molecular weight is 303 g/mol. The fourth-order valence-electron chi connectivity index (χ4n) is 3.35. The van der Waals surface area contributed by atoms with Crippen molar-refractivity contribution in [2.24, 2.45) is 11.3 Å². The zero-order valence-electron chi connectivity index (χ0n) is 11.9. The van der Waals surface area contributed by atoms with Crippen molar-refractivity contribution in [3.05, 3.63) is 0 Å². The molecule has 1 saturated heterocycles. The Labute approximate surface area is 121 Å². The van der Waals surface area contributed by atoms with Crippen molar-refractivity contribution in [2.45, 2.75) is 44.9 Å². The first-order valence-electron chi connectivity index (χ1n) is 7.53. The van der Waals surface area contributed by atoms with E-state index in [9.17, 15) is 18.3 Å². The lowest BCUT2D eigenvalue weighted by atomic mass is 9.74. The Morgan fingerprint density at radius 1 is 1.25 bits per heavy atom. The van der Waals surface area contributed by atoms with Crippen LogP contribution in [0.1, 0.15) is 44.9 Å². The normalized spacial score (nSPS) is 28.1. The van der Waals surface area contributed by atoms with Gasteiger partial charge in [-0.25, -0.2) is 8.42 Å². The summed E-state index contributed by atoms with van der Waals surface area (Å²) in [7, 11) is -2.91. The maximum absolute atomic E-state index is 11.9. The summed E-state index contributed by atoms with van der Waals surface area (Å²) in [6.07, 6.45) is 6.23. The number of amides is 1. The van der Waals surface area contributed by atoms with Crippen LogP contribution in [0.3, 0.4) is 0 Å². The topological polar surface area (TPSA) is 83.5 Å². The van der Waals surface area contributed by atoms with Gasteiger partial charge in [0, 0.05) is 18.4 Å². The summed E-state index contributed by atoms with van der Waals surface area (Å²) < 4.78 is 22.7. The first-order chi connectivity index (χ1) is 9.45. The van der Waals surface area contributed by atoms with Gasteiger partial charge in [0.2, 0.25) is 5.91 Å². The van der Waals surface area contributed by atoms with Crippen LogP contribution in [0.2, 0.25) is 0 Å². The summed E-state index contributed by atoms with van der Waals surface area (Å²) in [6, 6.07) is 0. The number of hydrogen-bond donors (Lipinski definition) is 2. The number of carbonyl (C=O) groups is 1. The molecule has 2 rings (SSSR count). The molecule has 0 aromatic carbocycles. The van der Waals surface area contributed by atoms with E-state index in [4.69, 9.17) is 0 Å². The van der Waals surface area contributed by atoms with Gasteiger partial charge in [-0.05, 0) is 25.2 Å². The first kappa shape index (κ1) is 15.8. The number of rotatable bonds is 5. The molecule has 5 nitrogen and oxygen atoms in total. The predicted octanol–water partition coefficient (Wildman–Crippen LogP) is 0.870. The van der Waals surface area contributed by atoms with Gasteiger partial charge >= 0.3 is 0 Å². The standard InChI is InChI=1S/C14H25NO4S/c16-11-14(5-2-1-3-6-14)10-15-13(17)8-12-4-7-20(18,19)9-12/h12,16H,1-11H2,(H,15,17). The quantitative estimate of drug-likeness (QED) is 0.789. The summed E-state index contributed by atoms with van der Waals surface area (Å²) in [6.45, 7) is 0.632. The molecule has 0 aromatic rings. The van der Waals surface area contributed by atoms with Crippen LogP contribution >= 0.6 is 0 Å². The number of aliphatic hydroxyl groups is 1. The molecule has 1 unspecified atom stereocenters. The molecule has 0 spiro atoms. The second kappa shape index (κ2) is 6.43. The van der Waals surface area contributed by atoms with Crippen molar-refractivity contribution in [1.82, 2.24) is 5.32 Å². The summed E-state index contributed by atoms with van der Waals surface area (Å²) in [5.41, 5.74) is -0.157. The Kier molecular flexibility index (Phi) is 5.07. The van der Waals surface area contributed by atoms with Gasteiger partial charge < -0.3 is 10.4 Å². The second-order valence-corrected chi connectivity index (χ2v) is 8.70. The third-order valence-electron chi connectivity index (χ3n) is 4.71. The van der Waals surface area contributed by atoms with E-state index in [0.29, 0.717) is 19.4 Å². The Hall–Kier alpha value is -0.620. The number of nitrogens with one attached hydrogen (secondary N) is 1. The largest absolute Gasteiger partial charge is 0.396 e. The molecule has 1 aliphatic carbocycles. The molecule has 1 heterocycles. The Morgan fingerprint density at radius 3 is 2.50 bits per heavy atom. The minimum atomic E-state index is -2.91. The second-order valence-electron chi connectivity index (χ2n) is 6.47. The number of carbonyl (C=O) groups excluding carboxylic acids is 1. The Balaban J connectivity index is 1.77. The van der Waals surface area contributed by atoms with Crippen LogP contribution in [0.4, 0.5) is 0 Å². The summed E-state index contributed by atoms with van der Waals surface area (Å²) in [5, 5.41) is 12.5. The van der Waals surface area contributed by atoms with Crippen LogP contribution in [0, 0.1) is 11.3 Å². The van der Waals surface area contributed by atoms with Crippen LogP contribution in [-0.2, 0) is 14.6 Å². The van der Waals surface area contributed by atoms with E-state index in [2.05, 4.69) is 5.32 Å². The average Bonchev–Trinajstić information content (AvgIpc) is 2.77. The van der Waals surface area contributed by atoms with Gasteiger partial charge in [-0.3, -0.25) is 4.79 Å². The van der Waals surface area contributed by atoms with Gasteiger partial charge in [0.25, 0.3) is 0 Å². The predicted molar refractivity (Wildman–Crippen MR) is 77.0 cm³/mol. The number of hydrogen-bond acceptors (Lipinski definition) is 4. The molecule has 0 bridgehead atoms. The van der Waals surface area contributed by atoms with E-state index < -0.39 is 9.84 Å². The fraction of sp³-hybridized carbons (Fsp3) is 0.929. The van der Waals surface area contributed by atoms with E-state index in [1.54, 1.807) is 0 Å². The zero-order valence-corrected chi connectivity index (χ0v) is 12.8. The molecule has 1 atom stereocenters. The number of sulfone groups is 1. The zero-order chi connectivity index (χ0) is 14.6. The molecular formula is C14H25NO4S. The van der Waals surface area contributed by atoms with Crippen LogP contribution in [0.5, 0.6) is 0 Å². The van der Waals surface area contributed by atoms with Crippen molar-refractivity contribution >= 4 is 15.7 Å². The van der Waals surface area contributed by atoms with Crippen LogP contribution in [0.15, 0.2) is 0 Å². The highest BCUT2D eigenvalue weighted by atomic mass is 32.2. The summed E-state index contributed by atoms with van der Waals surface area (Å²) >= 11 is 0. The molecule has 2 aliphatic rings. The highest BCUT2D eigenvalue weighted by Gasteiger charge is 2.33. The molecule has 1 aliphatic heterocycles. The van der Waals surface area contributed by atoms with E-state index in [-0.39, 0.29) is 35.4 Å². The third-order valence-corrected chi connectivity index (χ3v) is 6.55. The van der Waals surface area contributed by atoms with Crippen molar-refractivity contribution in [3.8, 4) is 0 Å². The molecule has 1 saturated carbocycles. The first-order valence-corrected chi connectivity index (χ1v) is 9.35. The molecular weight excluding hydrogens is 278 g/mol. The Bertz CT molecular complexity index is 440. The van der Waals surface area contributed by atoms with Crippen molar-refractivity contribution in [3.63, 3.8) is 0 Å². The third kappa shape index (κ3) is 4.19. The minimum absolute atomic E-state index is 0.0311. The maximum atomic E-state index is 11.9. The van der Waals surface area contributed by atoms with Crippen molar-refractivity contribution < 1.29 is 18.3 Å². The van der Waals surface area contributed by atoms with Gasteiger partial charge in [-0.2, -0.15) is 0 Å². The van der Waals surface area contributed by atoms with Gasteiger partial charge in [0.15, 0.2) is 9.84 Å². The Morgan fingerprint density at radius 2 is 1.95 bits per heavy atom. The van der Waals surface area contributed by atoms with Crippen LogP contribution in [0.25, 0.3) is 0 Å². The fourth-order valence-corrected chi connectivity index (χ4v) is 5.21. The lowest BCUT2D eigenvalue weighted by molar-refractivity contribution is -0.122. The van der Waals surface area contributed by atoms with Crippen molar-refractivity contribution in [2.75, 3.05) is 24.7 Å². The van der Waals surface area contributed by atoms with E-state index in [0.717, 1.165) is 25.7 Å². The molecule has 0 radical (unpaired) electrons. The summed E-state index contributed by atoms with van der Waals surface area (Å²) in [5.74, 6) is 0.249. The molecule has 116 valence electrons. The minimum Gasteiger partial charge on any atom is -0.396 e. The molecule has 2 fully saturated rings. The van der Waals surface area contributed by atoms with E-state index in [1.165, 1.54) is 6.42 Å². The van der Waals surface area contributed by atoms with Gasteiger partial charge in [0.05, 0.1) is 18.1 Å².